The van der Waals surface area contributed by atoms with Gasteiger partial charge in [-0.25, -0.2) is 13.1 Å². The van der Waals surface area contributed by atoms with Crippen LogP contribution in [0.1, 0.15) is 96.0 Å². The number of likely N-dealkylation sites (N-methyl/N-ethyl adjacent to an activating group) is 1. The normalized spacial score (nSPS) is 7.00. The molecule has 0 aliphatic carbocycles. The number of carbonyl (C=O) groups is 4. The third-order valence-corrected chi connectivity index (χ3v) is 6.07. The van der Waals surface area contributed by atoms with Gasteiger partial charge in [-0.3, -0.25) is 24.5 Å². The molecule has 0 unspecified atom stereocenters. The van der Waals surface area contributed by atoms with E-state index in [1.807, 2.05) is 31.3 Å². The number of amides is 3. The predicted octanol–water partition coefficient (Wildman–Crippen LogP) is 8.19. The molecule has 0 heterocycles. The Bertz CT molecular complexity index is 666. The van der Waals surface area contributed by atoms with Crippen molar-refractivity contribution in [3.63, 3.8) is 0 Å². The van der Waals surface area contributed by atoms with Crippen molar-refractivity contribution in [2.75, 3.05) is 94.4 Å². The van der Waals surface area contributed by atoms with Crippen molar-refractivity contribution in [3.8, 4) is 0 Å². The number of carbonyl (C=O) groups excluding carboxylic acids is 4. The molecule has 0 saturated carbocycles. The zero-order valence-electron chi connectivity index (χ0n) is 24.0. The predicted molar refractivity (Wildman–Crippen MR) is 253 cm³/mol. The van der Waals surface area contributed by atoms with E-state index in [0.29, 0.717) is 23.9 Å². The Balaban J connectivity index is -0.0000000172. The van der Waals surface area contributed by atoms with Crippen molar-refractivity contribution < 1.29 is 32.3 Å². The summed E-state index contributed by atoms with van der Waals surface area (Å²) in [5, 5.41) is 10.6. The third-order valence-electron chi connectivity index (χ3n) is 2.79. The smallest absolute Gasteiger partial charge is 0.315 e. The van der Waals surface area contributed by atoms with E-state index in [9.17, 15) is 27.6 Å². The SMILES string of the molecule is C.C.C.C.C.C.C.C.C.C.C.C.CNC(=O)CNCSC.CNC(=O)CSC.COC(=O)CSC.CSCNC(C)=O.CSCNS(C)(=O)=O. The Morgan fingerprint density at radius 1 is 0.580 bits per heavy atom. The minimum absolute atomic E-state index is 0. The summed E-state index contributed by atoms with van der Waals surface area (Å²) in [4.78, 5) is 41.0. The lowest BCUT2D eigenvalue weighted by atomic mass is 10.6. The first-order chi connectivity index (χ1) is 17.8. The van der Waals surface area contributed by atoms with E-state index in [0.717, 1.165) is 18.0 Å². The highest BCUT2D eigenvalue weighted by atomic mass is 32.2. The van der Waals surface area contributed by atoms with E-state index in [1.54, 1.807) is 37.6 Å². The van der Waals surface area contributed by atoms with Crippen LogP contribution in [0.2, 0.25) is 0 Å². The molecule has 326 valence electrons. The first kappa shape index (κ1) is 110. The molecule has 3 amide bonds. The average Bonchev–Trinajstić information content (AvgIpc) is 2.87. The van der Waals surface area contributed by atoms with E-state index in [-0.39, 0.29) is 113 Å². The minimum atomic E-state index is -2.96. The Morgan fingerprint density at radius 3 is 1.10 bits per heavy atom. The Kier molecular flexibility index (Phi) is 203. The van der Waals surface area contributed by atoms with Gasteiger partial charge in [0.2, 0.25) is 27.7 Å². The minimum Gasteiger partial charge on any atom is -0.468 e. The highest BCUT2D eigenvalue weighted by Crippen LogP contribution is 1.90. The van der Waals surface area contributed by atoms with Crippen molar-refractivity contribution in [1.82, 2.24) is 26.0 Å². The summed E-state index contributed by atoms with van der Waals surface area (Å²) in [6, 6.07) is 0. The Labute approximate surface area is 339 Å². The average molecular weight is 855 g/mol. The van der Waals surface area contributed by atoms with E-state index in [1.165, 1.54) is 49.3 Å². The summed E-state index contributed by atoms with van der Waals surface area (Å²) in [6.07, 6.45) is 10.7. The number of nitrogens with one attached hydrogen (secondary N) is 5. The maximum absolute atomic E-state index is 10.5. The van der Waals surface area contributed by atoms with Crippen LogP contribution in [0.4, 0.5) is 0 Å². The van der Waals surface area contributed by atoms with E-state index in [4.69, 9.17) is 0 Å². The molecule has 0 aliphatic rings. The van der Waals surface area contributed by atoms with E-state index < -0.39 is 10.0 Å². The highest BCUT2D eigenvalue weighted by molar-refractivity contribution is 8.00. The lowest BCUT2D eigenvalue weighted by Crippen LogP contribution is -2.30. The van der Waals surface area contributed by atoms with Crippen LogP contribution in [0.3, 0.4) is 0 Å². The van der Waals surface area contributed by atoms with Gasteiger partial charge in [0.1, 0.15) is 0 Å². The molecule has 0 rings (SSSR count). The number of thioether (sulfide) groups is 5. The molecular formula is C32H95N5O7S6. The first-order valence-electron chi connectivity index (χ1n) is 10.6. The van der Waals surface area contributed by atoms with Gasteiger partial charge in [-0.15, -0.1) is 35.3 Å². The van der Waals surface area contributed by atoms with Gasteiger partial charge < -0.3 is 20.7 Å². The summed E-state index contributed by atoms with van der Waals surface area (Å²) >= 11 is 7.68. The number of sulfonamides is 1. The lowest BCUT2D eigenvalue weighted by molar-refractivity contribution is -0.137. The Hall–Kier alpha value is -0.500. The van der Waals surface area contributed by atoms with Gasteiger partial charge in [0.25, 0.3) is 0 Å². The van der Waals surface area contributed by atoms with Gasteiger partial charge in [0.05, 0.1) is 43.2 Å². The summed E-state index contributed by atoms with van der Waals surface area (Å²) in [6.45, 7) is 1.92. The number of esters is 1. The zero-order valence-corrected chi connectivity index (χ0v) is 28.9. The van der Waals surface area contributed by atoms with Crippen LogP contribution in [0.15, 0.2) is 0 Å². The fourth-order valence-corrected chi connectivity index (χ4v) is 3.82. The van der Waals surface area contributed by atoms with Gasteiger partial charge >= 0.3 is 5.97 Å². The largest absolute Gasteiger partial charge is 0.468 e. The lowest BCUT2D eigenvalue weighted by Gasteiger charge is -1.99. The number of hydrogen-bond acceptors (Lipinski definition) is 13. The van der Waals surface area contributed by atoms with Crippen LogP contribution in [-0.2, 0) is 33.9 Å². The monoisotopic (exact) mass is 854 g/mol. The van der Waals surface area contributed by atoms with Crippen LogP contribution in [-0.4, -0.2) is 127 Å². The van der Waals surface area contributed by atoms with Crippen LogP contribution >= 0.6 is 58.8 Å². The molecule has 0 aromatic heterocycles. The molecule has 0 fully saturated rings. The van der Waals surface area contributed by atoms with Crippen LogP contribution in [0, 0.1) is 0 Å². The molecule has 50 heavy (non-hydrogen) atoms. The molecule has 0 aromatic carbocycles. The number of hydrogen-bond donors (Lipinski definition) is 5. The molecule has 0 bridgehead atoms. The summed E-state index contributed by atoms with van der Waals surface area (Å²) in [5.74, 6) is 3.02. The third kappa shape index (κ3) is 158. The molecule has 18 heteroatoms. The molecule has 5 N–H and O–H groups in total. The number of methoxy groups -OCH3 is 1. The molecule has 12 nitrogen and oxygen atoms in total. The summed E-state index contributed by atoms with van der Waals surface area (Å²) < 4.78 is 27.2. The van der Waals surface area contributed by atoms with E-state index in [2.05, 4.69) is 30.7 Å². The van der Waals surface area contributed by atoms with Gasteiger partial charge in [-0.2, -0.15) is 23.5 Å². The number of ether oxygens (including phenoxy) is 1. The summed E-state index contributed by atoms with van der Waals surface area (Å²) in [7, 11) is 1.70. The van der Waals surface area contributed by atoms with Gasteiger partial charge in [0.15, 0.2) is 0 Å². The van der Waals surface area contributed by atoms with Gasteiger partial charge in [-0.1, -0.05) is 89.1 Å². The van der Waals surface area contributed by atoms with Gasteiger partial charge in [-0.05, 0) is 31.3 Å². The number of rotatable bonds is 13. The first-order valence-corrected chi connectivity index (χ1v) is 19.4. The summed E-state index contributed by atoms with van der Waals surface area (Å²) in [5.41, 5.74) is 0. The Morgan fingerprint density at radius 2 is 0.940 bits per heavy atom. The van der Waals surface area contributed by atoms with Crippen LogP contribution in [0.5, 0.6) is 0 Å². The second-order valence-electron chi connectivity index (χ2n) is 6.16. The molecule has 0 radical (unpaired) electrons. The van der Waals surface area contributed by atoms with Crippen molar-refractivity contribution in [3.05, 3.63) is 0 Å². The molecular weight excluding hydrogens is 759 g/mol. The highest BCUT2D eigenvalue weighted by Gasteiger charge is 1.95. The molecule has 0 atom stereocenters. The van der Waals surface area contributed by atoms with Gasteiger partial charge in [0, 0.05) is 26.9 Å². The fourth-order valence-electron chi connectivity index (χ4n) is 1.07. The van der Waals surface area contributed by atoms with E-state index >= 15 is 0 Å². The van der Waals surface area contributed by atoms with Crippen molar-refractivity contribution in [1.29, 1.82) is 0 Å². The molecule has 0 aliphatic heterocycles. The quantitative estimate of drug-likeness (QED) is 0.0683. The van der Waals surface area contributed by atoms with Crippen molar-refractivity contribution in [2.45, 2.75) is 96.0 Å². The van der Waals surface area contributed by atoms with Crippen LogP contribution < -0.4 is 26.0 Å². The second kappa shape index (κ2) is 91.9. The topological polar surface area (TPSA) is 172 Å². The molecule has 0 aromatic rings. The standard InChI is InChI=1S/C5H12N2OS.2C4H9NOS.C4H8O2S.C3H9NO2S2.12CH4/c1-6-5(8)3-7-4-9-2;1-5-4(6)3-7-2;1-4(6)5-3-7-2;1-6-4(5)3-7-2;1-7-3-4-8(2,5)6;;;;;;;;;;;;/h7H,3-4H2,1-2H3,(H,6,8);2*3H2,1-2H3,(H,5,6);3H2,1-2H3;4H,3H2,1-2H3;12*1H4. The van der Waals surface area contributed by atoms with Crippen molar-refractivity contribution >= 4 is 92.5 Å². The maximum Gasteiger partial charge on any atom is 0.315 e. The maximum atomic E-state index is 10.5. The van der Waals surface area contributed by atoms with Crippen LogP contribution in [0.25, 0.3) is 0 Å². The zero-order chi connectivity index (χ0) is 30.8. The second-order valence-corrected chi connectivity index (χ2v) is 12.3. The molecule has 0 spiro atoms. The van der Waals surface area contributed by atoms with Crippen molar-refractivity contribution in [2.24, 2.45) is 0 Å². The molecule has 0 saturated heterocycles. The fraction of sp³-hybridized carbons (Fsp3) is 0.875.